The number of nitrogens with zero attached hydrogens (tertiary/aromatic N) is 2. The van der Waals surface area contributed by atoms with Gasteiger partial charge in [0.15, 0.2) is 0 Å². The molecule has 0 saturated heterocycles. The van der Waals surface area contributed by atoms with Crippen LogP contribution in [0.4, 0.5) is 11.4 Å². The van der Waals surface area contributed by atoms with Crippen LogP contribution in [0.2, 0.25) is 0 Å². The lowest BCUT2D eigenvalue weighted by Gasteiger charge is -2.24. The summed E-state index contributed by atoms with van der Waals surface area (Å²) in [6, 6.07) is 23.3. The molecule has 0 radical (unpaired) electrons. The minimum Gasteiger partial charge on any atom is -0.343 e. The summed E-state index contributed by atoms with van der Waals surface area (Å²) in [5.41, 5.74) is 4.50. The number of hydrogen-bond acceptors (Lipinski definition) is 3. The van der Waals surface area contributed by atoms with E-state index in [0.717, 1.165) is 15.6 Å². The van der Waals surface area contributed by atoms with E-state index >= 15 is 0 Å². The summed E-state index contributed by atoms with van der Waals surface area (Å²) in [7, 11) is 2.13. The molecule has 0 aliphatic rings. The van der Waals surface area contributed by atoms with Gasteiger partial charge < -0.3 is 4.90 Å². The third-order valence-electron chi connectivity index (χ3n) is 4.91. The van der Waals surface area contributed by atoms with Crippen LogP contribution in [0, 0.1) is 11.3 Å². The van der Waals surface area contributed by atoms with Gasteiger partial charge in [-0.05, 0) is 29.7 Å². The van der Waals surface area contributed by atoms with Gasteiger partial charge in [0.2, 0.25) is 0 Å². The fraction of sp³-hybridized carbons (Fsp3) is 0.174. The van der Waals surface area contributed by atoms with Crippen LogP contribution in [-0.4, -0.2) is 7.05 Å². The number of benzene rings is 3. The maximum atomic E-state index is 9.46. The molecule has 0 saturated carbocycles. The fourth-order valence-electron chi connectivity index (χ4n) is 3.57. The van der Waals surface area contributed by atoms with E-state index in [9.17, 15) is 5.26 Å². The van der Waals surface area contributed by atoms with E-state index in [1.165, 1.54) is 27.0 Å². The van der Waals surface area contributed by atoms with Crippen molar-refractivity contribution in [1.82, 2.24) is 0 Å². The van der Waals surface area contributed by atoms with E-state index in [0.29, 0.717) is 5.92 Å². The largest absolute Gasteiger partial charge is 0.343 e. The van der Waals surface area contributed by atoms with Crippen molar-refractivity contribution in [2.45, 2.75) is 19.8 Å². The average molecular weight is 356 g/mol. The molecule has 3 aromatic carbocycles. The Morgan fingerprint density at radius 3 is 2.23 bits per heavy atom. The lowest BCUT2D eigenvalue weighted by Crippen LogP contribution is -2.12. The first-order valence-electron chi connectivity index (χ1n) is 8.79. The Labute approximate surface area is 157 Å². The van der Waals surface area contributed by atoms with Gasteiger partial charge in [-0.2, -0.15) is 5.26 Å². The van der Waals surface area contributed by atoms with Gasteiger partial charge in [-0.3, -0.25) is 0 Å². The molecular weight excluding hydrogens is 336 g/mol. The molecule has 4 rings (SSSR count). The van der Waals surface area contributed by atoms with Crippen LogP contribution in [0.5, 0.6) is 0 Å². The molecule has 1 heterocycles. The molecule has 3 heteroatoms. The Morgan fingerprint density at radius 2 is 1.50 bits per heavy atom. The summed E-state index contributed by atoms with van der Waals surface area (Å²) in [6.45, 7) is 4.46. The number of anilines is 2. The van der Waals surface area contributed by atoms with Crippen LogP contribution >= 0.6 is 11.3 Å². The normalized spacial score (nSPS) is 11.2. The van der Waals surface area contributed by atoms with E-state index < -0.39 is 0 Å². The second-order valence-electron chi connectivity index (χ2n) is 6.82. The number of para-hydroxylation sites is 1. The summed E-state index contributed by atoms with van der Waals surface area (Å²) in [6.07, 6.45) is 0. The molecule has 1 aromatic heterocycles. The molecule has 26 heavy (non-hydrogen) atoms. The van der Waals surface area contributed by atoms with Crippen LogP contribution in [0.25, 0.3) is 20.2 Å². The Morgan fingerprint density at radius 1 is 0.846 bits per heavy atom. The number of thiophene rings is 1. The van der Waals surface area contributed by atoms with Crippen molar-refractivity contribution in [2.75, 3.05) is 11.9 Å². The first kappa shape index (κ1) is 16.6. The summed E-state index contributed by atoms with van der Waals surface area (Å²) in [4.78, 5) is 2.28. The molecule has 0 atom stereocenters. The van der Waals surface area contributed by atoms with Crippen LogP contribution in [0.3, 0.4) is 0 Å². The molecule has 128 valence electrons. The molecule has 0 fully saturated rings. The number of hydrogen-bond donors (Lipinski definition) is 0. The predicted octanol–water partition coefficient (Wildman–Crippen LogP) is 6.82. The molecule has 0 unspecified atom stereocenters. The molecule has 0 N–H and O–H groups in total. The molecule has 0 aliphatic carbocycles. The van der Waals surface area contributed by atoms with Gasteiger partial charge in [-0.25, -0.2) is 0 Å². The van der Waals surface area contributed by atoms with E-state index in [1.807, 2.05) is 12.1 Å². The van der Waals surface area contributed by atoms with Crippen LogP contribution < -0.4 is 4.90 Å². The van der Waals surface area contributed by atoms with Crippen molar-refractivity contribution in [3.63, 3.8) is 0 Å². The van der Waals surface area contributed by atoms with Gasteiger partial charge in [0.05, 0.1) is 20.7 Å². The molecule has 0 bridgehead atoms. The highest BCUT2D eigenvalue weighted by molar-refractivity contribution is 7.26. The Bertz CT molecular complexity index is 1150. The highest BCUT2D eigenvalue weighted by atomic mass is 32.1. The first-order chi connectivity index (χ1) is 12.6. The predicted molar refractivity (Wildman–Crippen MR) is 113 cm³/mol. The van der Waals surface area contributed by atoms with Crippen LogP contribution in [0.1, 0.15) is 30.9 Å². The summed E-state index contributed by atoms with van der Waals surface area (Å²) >= 11 is 1.71. The Balaban J connectivity index is 1.97. The molecular formula is C23H20N2S. The topological polar surface area (TPSA) is 27.0 Å². The summed E-state index contributed by atoms with van der Waals surface area (Å²) in [5, 5.41) is 11.8. The van der Waals surface area contributed by atoms with Gasteiger partial charge in [0.1, 0.15) is 6.07 Å². The van der Waals surface area contributed by atoms with E-state index in [-0.39, 0.29) is 0 Å². The molecule has 4 aromatic rings. The van der Waals surface area contributed by atoms with Crippen LogP contribution in [-0.2, 0) is 0 Å². The third kappa shape index (κ3) is 2.55. The zero-order valence-corrected chi connectivity index (χ0v) is 16.0. The average Bonchev–Trinajstić information content (AvgIpc) is 3.06. The maximum Gasteiger partial charge on any atom is 0.101 e. The van der Waals surface area contributed by atoms with Crippen molar-refractivity contribution in [1.29, 1.82) is 5.26 Å². The van der Waals surface area contributed by atoms with Gasteiger partial charge in [-0.1, -0.05) is 56.3 Å². The van der Waals surface area contributed by atoms with Gasteiger partial charge >= 0.3 is 0 Å². The lowest BCUT2D eigenvalue weighted by atomic mass is 10.00. The lowest BCUT2D eigenvalue weighted by molar-refractivity contribution is 0.862. The van der Waals surface area contributed by atoms with E-state index in [1.54, 1.807) is 11.3 Å². The number of fused-ring (bicyclic) bond motifs is 3. The SMILES string of the molecule is CC(C)c1ccccc1N(C)c1cccc2c1sc1c(C#N)cccc12. The van der Waals surface area contributed by atoms with Gasteiger partial charge in [0.25, 0.3) is 0 Å². The van der Waals surface area contributed by atoms with Crippen molar-refractivity contribution in [3.8, 4) is 6.07 Å². The quantitative estimate of drug-likeness (QED) is 0.403. The van der Waals surface area contributed by atoms with Crippen LogP contribution in [0.15, 0.2) is 60.7 Å². The highest BCUT2D eigenvalue weighted by Gasteiger charge is 2.16. The zero-order chi connectivity index (χ0) is 18.3. The summed E-state index contributed by atoms with van der Waals surface area (Å²) < 4.78 is 2.30. The van der Waals surface area contributed by atoms with E-state index in [4.69, 9.17) is 0 Å². The summed E-state index contributed by atoms with van der Waals surface area (Å²) in [5.74, 6) is 0.459. The number of rotatable bonds is 3. The fourth-order valence-corrected chi connectivity index (χ4v) is 4.88. The minimum atomic E-state index is 0.459. The van der Waals surface area contributed by atoms with Crippen molar-refractivity contribution in [2.24, 2.45) is 0 Å². The second-order valence-corrected chi connectivity index (χ2v) is 7.84. The molecule has 0 amide bonds. The standard InChI is InChI=1S/C23H20N2S/c1-15(2)17-9-4-5-12-20(17)25(3)21-13-7-11-19-18-10-6-8-16(14-24)22(18)26-23(19)21/h4-13,15H,1-3H3. The molecule has 0 spiro atoms. The molecule has 0 aliphatic heterocycles. The monoisotopic (exact) mass is 356 g/mol. The van der Waals surface area contributed by atoms with Crippen molar-refractivity contribution < 1.29 is 0 Å². The van der Waals surface area contributed by atoms with Gasteiger partial charge in [-0.15, -0.1) is 11.3 Å². The maximum absolute atomic E-state index is 9.46. The molecule has 2 nitrogen and oxygen atoms in total. The van der Waals surface area contributed by atoms with E-state index in [2.05, 4.69) is 80.4 Å². The second kappa shape index (κ2) is 6.48. The number of nitriles is 1. The van der Waals surface area contributed by atoms with Crippen molar-refractivity contribution in [3.05, 3.63) is 71.8 Å². The Kier molecular flexibility index (Phi) is 4.14. The van der Waals surface area contributed by atoms with Crippen molar-refractivity contribution >= 4 is 42.9 Å². The smallest absolute Gasteiger partial charge is 0.101 e. The first-order valence-corrected chi connectivity index (χ1v) is 9.60. The third-order valence-corrected chi connectivity index (χ3v) is 6.18. The highest BCUT2D eigenvalue weighted by Crippen LogP contribution is 2.43. The van der Waals surface area contributed by atoms with Gasteiger partial charge in [0, 0.05) is 23.5 Å². The Hall–Kier alpha value is -2.83. The zero-order valence-electron chi connectivity index (χ0n) is 15.2. The minimum absolute atomic E-state index is 0.459.